The first kappa shape index (κ1) is 21.2. The topological polar surface area (TPSA) is 96.3 Å². The van der Waals surface area contributed by atoms with Crippen molar-refractivity contribution in [2.24, 2.45) is 0 Å². The molecule has 1 heterocycles. The molecule has 140 valence electrons. The van der Waals surface area contributed by atoms with Crippen molar-refractivity contribution in [1.29, 1.82) is 0 Å². The van der Waals surface area contributed by atoms with Gasteiger partial charge in [-0.3, -0.25) is 4.90 Å². The van der Waals surface area contributed by atoms with E-state index in [9.17, 15) is 0 Å². The molecule has 8 heteroatoms. The molecule has 0 unspecified atom stereocenters. The first-order chi connectivity index (χ1) is 11.9. The number of rotatable bonds is 6. The fourth-order valence-corrected chi connectivity index (χ4v) is 2.28. The Morgan fingerprint density at radius 2 is 1.84 bits per heavy atom. The molecule has 0 aromatic heterocycles. The standard InChI is InChI=1S/C15H22ClNO2.C2H2O4/c1-13-12-14(4-5-15(13)16)19-9-3-2-6-17-7-10-18-11-8-17;3-1(4)2(5)6/h4-5,12H,2-3,6-11H2,1H3;(H,3,4)(H,5,6). The number of hydrogen-bond donors (Lipinski definition) is 2. The Morgan fingerprint density at radius 3 is 2.40 bits per heavy atom. The zero-order chi connectivity index (χ0) is 18.7. The van der Waals surface area contributed by atoms with E-state index in [4.69, 9.17) is 40.9 Å². The van der Waals surface area contributed by atoms with E-state index in [2.05, 4.69) is 4.90 Å². The van der Waals surface area contributed by atoms with Crippen LogP contribution in [0.4, 0.5) is 0 Å². The van der Waals surface area contributed by atoms with Crippen molar-refractivity contribution in [3.8, 4) is 5.75 Å². The molecule has 2 N–H and O–H groups in total. The number of carboxylic acid groups (broad SMARTS) is 2. The van der Waals surface area contributed by atoms with E-state index in [-0.39, 0.29) is 0 Å². The van der Waals surface area contributed by atoms with Gasteiger partial charge >= 0.3 is 11.9 Å². The minimum absolute atomic E-state index is 0.769. The molecule has 1 fully saturated rings. The molecule has 1 aliphatic rings. The summed E-state index contributed by atoms with van der Waals surface area (Å²) in [6, 6.07) is 5.81. The lowest BCUT2D eigenvalue weighted by molar-refractivity contribution is -0.159. The molecule has 0 aliphatic carbocycles. The number of hydrogen-bond acceptors (Lipinski definition) is 5. The highest BCUT2D eigenvalue weighted by molar-refractivity contribution is 6.31. The molecule has 7 nitrogen and oxygen atoms in total. The number of benzene rings is 1. The largest absolute Gasteiger partial charge is 0.494 e. The van der Waals surface area contributed by atoms with Crippen LogP contribution in [0.15, 0.2) is 18.2 Å². The van der Waals surface area contributed by atoms with Gasteiger partial charge in [0.2, 0.25) is 0 Å². The van der Waals surface area contributed by atoms with Crippen molar-refractivity contribution in [3.05, 3.63) is 28.8 Å². The normalized spacial score (nSPS) is 14.3. The predicted molar refractivity (Wildman–Crippen MR) is 93.4 cm³/mol. The van der Waals surface area contributed by atoms with E-state index in [0.29, 0.717) is 0 Å². The van der Waals surface area contributed by atoms with Crippen molar-refractivity contribution in [2.45, 2.75) is 19.8 Å². The summed E-state index contributed by atoms with van der Waals surface area (Å²) >= 11 is 5.98. The first-order valence-corrected chi connectivity index (χ1v) is 8.43. The third-order valence-corrected chi connectivity index (χ3v) is 3.98. The lowest BCUT2D eigenvalue weighted by Crippen LogP contribution is -2.36. The van der Waals surface area contributed by atoms with E-state index >= 15 is 0 Å². The smallest absolute Gasteiger partial charge is 0.414 e. The molecule has 0 amide bonds. The monoisotopic (exact) mass is 373 g/mol. The predicted octanol–water partition coefficient (Wildman–Crippen LogP) is 2.30. The van der Waals surface area contributed by atoms with E-state index < -0.39 is 11.9 Å². The Morgan fingerprint density at radius 1 is 1.20 bits per heavy atom. The Kier molecular flexibility index (Phi) is 9.91. The van der Waals surface area contributed by atoms with E-state index in [1.807, 2.05) is 25.1 Å². The van der Waals surface area contributed by atoms with Gasteiger partial charge in [0.25, 0.3) is 0 Å². The highest BCUT2D eigenvalue weighted by Gasteiger charge is 2.09. The number of nitrogens with zero attached hydrogens (tertiary/aromatic N) is 1. The lowest BCUT2D eigenvalue weighted by atomic mass is 10.2. The van der Waals surface area contributed by atoms with Gasteiger partial charge in [-0.2, -0.15) is 0 Å². The second kappa shape index (κ2) is 11.7. The van der Waals surface area contributed by atoms with Crippen LogP contribution in [-0.2, 0) is 14.3 Å². The number of carbonyl (C=O) groups is 2. The summed E-state index contributed by atoms with van der Waals surface area (Å²) in [5.41, 5.74) is 1.06. The average Bonchev–Trinajstić information content (AvgIpc) is 2.59. The molecule has 25 heavy (non-hydrogen) atoms. The SMILES string of the molecule is Cc1cc(OCCCCN2CCOCC2)ccc1Cl.O=C(O)C(=O)O. The van der Waals surface area contributed by atoms with Crippen LogP contribution >= 0.6 is 11.6 Å². The minimum Gasteiger partial charge on any atom is -0.494 e. The molecule has 1 saturated heterocycles. The van der Waals surface area contributed by atoms with Crippen LogP contribution in [-0.4, -0.2) is 66.5 Å². The van der Waals surface area contributed by atoms with Crippen LogP contribution in [0.3, 0.4) is 0 Å². The van der Waals surface area contributed by atoms with Gasteiger partial charge in [0.1, 0.15) is 5.75 Å². The molecular formula is C17H24ClNO6. The van der Waals surface area contributed by atoms with Gasteiger partial charge in [-0.1, -0.05) is 11.6 Å². The Hall–Kier alpha value is -1.83. The minimum atomic E-state index is -1.82. The summed E-state index contributed by atoms with van der Waals surface area (Å²) in [4.78, 5) is 20.7. The van der Waals surface area contributed by atoms with Gasteiger partial charge in [0, 0.05) is 18.1 Å². The molecule has 0 spiro atoms. The molecule has 0 saturated carbocycles. The fourth-order valence-electron chi connectivity index (χ4n) is 2.16. The van der Waals surface area contributed by atoms with Crippen LogP contribution in [0.5, 0.6) is 5.75 Å². The van der Waals surface area contributed by atoms with Crippen LogP contribution in [0, 0.1) is 6.92 Å². The molecule has 2 rings (SSSR count). The molecular weight excluding hydrogens is 350 g/mol. The summed E-state index contributed by atoms with van der Waals surface area (Å²) in [5, 5.41) is 15.6. The Bertz CT molecular complexity index is 548. The van der Waals surface area contributed by atoms with Gasteiger partial charge in [-0.25, -0.2) is 9.59 Å². The quantitative estimate of drug-likeness (QED) is 0.583. The lowest BCUT2D eigenvalue weighted by Gasteiger charge is -2.26. The van der Waals surface area contributed by atoms with Gasteiger partial charge in [0.15, 0.2) is 0 Å². The van der Waals surface area contributed by atoms with Gasteiger partial charge in [-0.15, -0.1) is 0 Å². The molecule has 0 radical (unpaired) electrons. The number of carboxylic acids is 2. The highest BCUT2D eigenvalue weighted by Crippen LogP contribution is 2.21. The van der Waals surface area contributed by atoms with Crippen molar-refractivity contribution in [3.63, 3.8) is 0 Å². The third kappa shape index (κ3) is 9.28. The van der Waals surface area contributed by atoms with Gasteiger partial charge in [-0.05, 0) is 50.1 Å². The van der Waals surface area contributed by atoms with E-state index in [1.54, 1.807) is 0 Å². The van der Waals surface area contributed by atoms with Crippen LogP contribution < -0.4 is 4.74 Å². The maximum absolute atomic E-state index is 9.10. The van der Waals surface area contributed by atoms with Crippen molar-refractivity contribution >= 4 is 23.5 Å². The maximum Gasteiger partial charge on any atom is 0.414 e. The summed E-state index contributed by atoms with van der Waals surface area (Å²) in [6.07, 6.45) is 2.26. The summed E-state index contributed by atoms with van der Waals surface area (Å²) < 4.78 is 11.1. The molecule has 1 aliphatic heterocycles. The molecule has 0 atom stereocenters. The molecule has 0 bridgehead atoms. The number of ether oxygens (including phenoxy) is 2. The van der Waals surface area contributed by atoms with Gasteiger partial charge in [0.05, 0.1) is 19.8 Å². The van der Waals surface area contributed by atoms with Crippen molar-refractivity contribution < 1.29 is 29.3 Å². The number of morpholine rings is 1. The Labute approximate surface area is 152 Å². The summed E-state index contributed by atoms with van der Waals surface area (Å²) in [6.45, 7) is 7.79. The second-order valence-electron chi connectivity index (χ2n) is 5.53. The van der Waals surface area contributed by atoms with Crippen LogP contribution in [0.1, 0.15) is 18.4 Å². The zero-order valence-electron chi connectivity index (χ0n) is 14.2. The fraction of sp³-hybridized carbons (Fsp3) is 0.529. The van der Waals surface area contributed by atoms with Crippen molar-refractivity contribution in [1.82, 2.24) is 4.90 Å². The third-order valence-electron chi connectivity index (χ3n) is 3.55. The summed E-state index contributed by atoms with van der Waals surface area (Å²) in [5.74, 6) is -2.74. The number of unbranched alkanes of at least 4 members (excludes halogenated alkanes) is 1. The average molecular weight is 374 g/mol. The van der Waals surface area contributed by atoms with Crippen LogP contribution in [0.2, 0.25) is 5.02 Å². The molecule has 1 aromatic rings. The summed E-state index contributed by atoms with van der Waals surface area (Å²) in [7, 11) is 0. The maximum atomic E-state index is 9.10. The number of aryl methyl sites for hydroxylation is 1. The van der Waals surface area contributed by atoms with E-state index in [1.165, 1.54) is 6.42 Å². The van der Waals surface area contributed by atoms with Crippen molar-refractivity contribution in [2.75, 3.05) is 39.5 Å². The number of aliphatic carboxylic acids is 2. The van der Waals surface area contributed by atoms with Crippen LogP contribution in [0.25, 0.3) is 0 Å². The number of halogens is 1. The van der Waals surface area contributed by atoms with E-state index in [0.717, 1.165) is 62.2 Å². The van der Waals surface area contributed by atoms with Gasteiger partial charge < -0.3 is 19.7 Å². The first-order valence-electron chi connectivity index (χ1n) is 8.05. The highest BCUT2D eigenvalue weighted by atomic mass is 35.5. The molecule has 1 aromatic carbocycles. The Balaban J connectivity index is 0.000000450. The second-order valence-corrected chi connectivity index (χ2v) is 5.94. The zero-order valence-corrected chi connectivity index (χ0v) is 15.0.